The van der Waals surface area contributed by atoms with E-state index in [0.717, 1.165) is 28.6 Å². The van der Waals surface area contributed by atoms with Crippen molar-refractivity contribution in [2.75, 3.05) is 24.5 Å². The average molecular weight is 272 g/mol. The Morgan fingerprint density at radius 2 is 1.95 bits per heavy atom. The van der Waals surface area contributed by atoms with Crippen LogP contribution in [0.5, 0.6) is 17.2 Å². The highest BCUT2D eigenvalue weighted by molar-refractivity contribution is 5.68. The van der Waals surface area contributed by atoms with Crippen molar-refractivity contribution in [3.8, 4) is 17.2 Å². The van der Waals surface area contributed by atoms with E-state index in [-0.39, 0.29) is 6.79 Å². The Labute approximate surface area is 117 Å². The van der Waals surface area contributed by atoms with Gasteiger partial charge in [-0.3, -0.25) is 0 Å². The Bertz CT molecular complexity index is 629. The van der Waals surface area contributed by atoms with E-state index >= 15 is 0 Å². The minimum Gasteiger partial charge on any atom is -0.494 e. The number of benzene rings is 2. The van der Waals surface area contributed by atoms with Crippen LogP contribution >= 0.6 is 0 Å². The van der Waals surface area contributed by atoms with Gasteiger partial charge in [0.2, 0.25) is 6.79 Å². The quantitative estimate of drug-likeness (QED) is 0.837. The predicted octanol–water partition coefficient (Wildman–Crippen LogP) is 3.14. The molecule has 2 aromatic carbocycles. The highest BCUT2D eigenvalue weighted by Crippen LogP contribution is 2.35. The molecule has 1 aliphatic heterocycles. The molecule has 0 radical (unpaired) electrons. The number of nitrogens with one attached hydrogen (secondary N) is 1. The van der Waals surface area contributed by atoms with Crippen LogP contribution in [0.3, 0.4) is 0 Å². The van der Waals surface area contributed by atoms with Crippen LogP contribution in [-0.2, 0) is 0 Å². The van der Waals surface area contributed by atoms with Gasteiger partial charge in [-0.2, -0.15) is 0 Å². The lowest BCUT2D eigenvalue weighted by Crippen LogP contribution is -1.97. The molecule has 1 aliphatic rings. The van der Waals surface area contributed by atoms with Crippen LogP contribution in [0.15, 0.2) is 36.4 Å². The van der Waals surface area contributed by atoms with Crippen LogP contribution in [0.25, 0.3) is 0 Å². The number of anilines is 3. The summed E-state index contributed by atoms with van der Waals surface area (Å²) in [6, 6.07) is 11.3. The van der Waals surface area contributed by atoms with Gasteiger partial charge >= 0.3 is 0 Å². The number of ether oxygens (including phenoxy) is 3. The van der Waals surface area contributed by atoms with E-state index in [4.69, 9.17) is 19.9 Å². The van der Waals surface area contributed by atoms with Crippen LogP contribution in [0.2, 0.25) is 0 Å². The van der Waals surface area contributed by atoms with Crippen molar-refractivity contribution in [1.82, 2.24) is 0 Å². The van der Waals surface area contributed by atoms with Crippen molar-refractivity contribution in [3.63, 3.8) is 0 Å². The number of fused-ring (bicyclic) bond motifs is 1. The molecule has 2 aromatic rings. The second-order valence-corrected chi connectivity index (χ2v) is 4.42. The fraction of sp³-hybridized carbons (Fsp3) is 0.200. The summed E-state index contributed by atoms with van der Waals surface area (Å²) in [5, 5.41) is 3.28. The Morgan fingerprint density at radius 3 is 2.80 bits per heavy atom. The van der Waals surface area contributed by atoms with Gasteiger partial charge in [0.05, 0.1) is 6.61 Å². The molecule has 104 valence electrons. The van der Waals surface area contributed by atoms with Crippen molar-refractivity contribution in [2.45, 2.75) is 6.92 Å². The van der Waals surface area contributed by atoms with E-state index in [0.29, 0.717) is 12.3 Å². The summed E-state index contributed by atoms with van der Waals surface area (Å²) in [5.74, 6) is 2.25. The average Bonchev–Trinajstić information content (AvgIpc) is 2.85. The zero-order valence-electron chi connectivity index (χ0n) is 11.2. The van der Waals surface area contributed by atoms with Gasteiger partial charge in [0.1, 0.15) is 5.75 Å². The third kappa shape index (κ3) is 2.56. The van der Waals surface area contributed by atoms with Gasteiger partial charge < -0.3 is 25.3 Å². The van der Waals surface area contributed by atoms with E-state index in [1.54, 1.807) is 6.07 Å². The lowest BCUT2D eigenvalue weighted by atomic mass is 10.2. The first kappa shape index (κ1) is 12.5. The normalized spacial score (nSPS) is 12.2. The van der Waals surface area contributed by atoms with Gasteiger partial charge in [-0.15, -0.1) is 0 Å². The Morgan fingerprint density at radius 1 is 1.10 bits per heavy atom. The van der Waals surface area contributed by atoms with Crippen molar-refractivity contribution < 1.29 is 14.2 Å². The van der Waals surface area contributed by atoms with Crippen molar-refractivity contribution in [1.29, 1.82) is 0 Å². The minimum atomic E-state index is 0.269. The molecule has 0 amide bonds. The lowest BCUT2D eigenvalue weighted by molar-refractivity contribution is 0.174. The fourth-order valence-electron chi connectivity index (χ4n) is 2.09. The van der Waals surface area contributed by atoms with Gasteiger partial charge in [-0.05, 0) is 25.1 Å². The second kappa shape index (κ2) is 5.21. The zero-order valence-corrected chi connectivity index (χ0v) is 11.2. The molecule has 0 atom stereocenters. The van der Waals surface area contributed by atoms with Crippen LogP contribution in [0.4, 0.5) is 17.1 Å². The molecule has 0 aromatic heterocycles. The summed E-state index contributed by atoms with van der Waals surface area (Å²) in [5.41, 5.74) is 8.29. The molecule has 3 rings (SSSR count). The van der Waals surface area contributed by atoms with Gasteiger partial charge in [-0.1, -0.05) is 0 Å². The first-order chi connectivity index (χ1) is 9.74. The lowest BCUT2D eigenvalue weighted by Gasteiger charge is -2.11. The molecule has 1 heterocycles. The summed E-state index contributed by atoms with van der Waals surface area (Å²) >= 11 is 0. The molecule has 0 fully saturated rings. The first-order valence-corrected chi connectivity index (χ1v) is 6.44. The standard InChI is InChI=1S/C15H16N2O3/c1-2-18-13-6-10(16)5-12(7-13)17-11-3-4-14-15(8-11)20-9-19-14/h3-8,17H,2,9,16H2,1H3. The van der Waals surface area contributed by atoms with Gasteiger partial charge in [-0.25, -0.2) is 0 Å². The number of rotatable bonds is 4. The summed E-state index contributed by atoms with van der Waals surface area (Å²) in [6.07, 6.45) is 0. The van der Waals surface area contributed by atoms with Crippen molar-refractivity contribution in [3.05, 3.63) is 36.4 Å². The molecule has 5 heteroatoms. The van der Waals surface area contributed by atoms with E-state index in [2.05, 4.69) is 5.32 Å². The Balaban J connectivity index is 1.83. The van der Waals surface area contributed by atoms with E-state index in [1.165, 1.54) is 0 Å². The van der Waals surface area contributed by atoms with Crippen molar-refractivity contribution >= 4 is 17.1 Å². The van der Waals surface area contributed by atoms with Gasteiger partial charge in [0.25, 0.3) is 0 Å². The topological polar surface area (TPSA) is 65.7 Å². The first-order valence-electron chi connectivity index (χ1n) is 6.44. The maximum absolute atomic E-state index is 5.87. The molecule has 0 bridgehead atoms. The van der Waals surface area contributed by atoms with Gasteiger partial charge in [0, 0.05) is 35.3 Å². The molecule has 3 N–H and O–H groups in total. The maximum atomic E-state index is 5.87. The van der Waals surface area contributed by atoms with Crippen LogP contribution < -0.4 is 25.3 Å². The number of nitrogens with two attached hydrogens (primary N) is 1. The SMILES string of the molecule is CCOc1cc(N)cc(Nc2ccc3c(c2)OCO3)c1. The molecule has 0 unspecified atom stereocenters. The molecule has 0 saturated carbocycles. The number of hydrogen-bond donors (Lipinski definition) is 2. The third-order valence-corrected chi connectivity index (χ3v) is 2.90. The molecule has 5 nitrogen and oxygen atoms in total. The predicted molar refractivity (Wildman–Crippen MR) is 77.9 cm³/mol. The number of hydrogen-bond acceptors (Lipinski definition) is 5. The summed E-state index contributed by atoms with van der Waals surface area (Å²) in [7, 11) is 0. The maximum Gasteiger partial charge on any atom is 0.231 e. The second-order valence-electron chi connectivity index (χ2n) is 4.42. The fourth-order valence-corrected chi connectivity index (χ4v) is 2.09. The van der Waals surface area contributed by atoms with E-state index in [9.17, 15) is 0 Å². The molecular weight excluding hydrogens is 256 g/mol. The molecule has 20 heavy (non-hydrogen) atoms. The highest BCUT2D eigenvalue weighted by Gasteiger charge is 2.13. The Kier molecular flexibility index (Phi) is 3.25. The monoisotopic (exact) mass is 272 g/mol. The zero-order chi connectivity index (χ0) is 13.9. The highest BCUT2D eigenvalue weighted by atomic mass is 16.7. The Hall–Kier alpha value is -2.56. The van der Waals surface area contributed by atoms with Crippen LogP contribution in [-0.4, -0.2) is 13.4 Å². The summed E-state index contributed by atoms with van der Waals surface area (Å²) in [4.78, 5) is 0. The van der Waals surface area contributed by atoms with Gasteiger partial charge in [0.15, 0.2) is 11.5 Å². The molecule has 0 saturated heterocycles. The van der Waals surface area contributed by atoms with Crippen molar-refractivity contribution in [2.24, 2.45) is 0 Å². The largest absolute Gasteiger partial charge is 0.494 e. The van der Waals surface area contributed by atoms with Crippen LogP contribution in [0.1, 0.15) is 6.92 Å². The molecular formula is C15H16N2O3. The molecule has 0 aliphatic carbocycles. The summed E-state index contributed by atoms with van der Waals surface area (Å²) < 4.78 is 16.1. The number of nitrogen functional groups attached to an aromatic ring is 1. The van der Waals surface area contributed by atoms with E-state index < -0.39 is 0 Å². The minimum absolute atomic E-state index is 0.269. The summed E-state index contributed by atoms with van der Waals surface area (Å²) in [6.45, 7) is 2.81. The third-order valence-electron chi connectivity index (χ3n) is 2.90. The molecule has 0 spiro atoms. The van der Waals surface area contributed by atoms with Crippen LogP contribution in [0, 0.1) is 0 Å². The van der Waals surface area contributed by atoms with E-state index in [1.807, 2.05) is 37.3 Å². The smallest absolute Gasteiger partial charge is 0.231 e.